The van der Waals surface area contributed by atoms with Crippen molar-refractivity contribution in [3.8, 4) is 0 Å². The van der Waals surface area contributed by atoms with Crippen molar-refractivity contribution in [2.75, 3.05) is 12.8 Å². The van der Waals surface area contributed by atoms with Crippen LogP contribution in [0.2, 0.25) is 0 Å². The van der Waals surface area contributed by atoms with Crippen molar-refractivity contribution in [2.24, 2.45) is 5.92 Å². The minimum Gasteiger partial charge on any atom is -0.399 e. The van der Waals surface area contributed by atoms with E-state index in [1.54, 1.807) is 24.3 Å². The fourth-order valence-corrected chi connectivity index (χ4v) is 2.75. The first-order valence-corrected chi connectivity index (χ1v) is 6.70. The summed E-state index contributed by atoms with van der Waals surface area (Å²) in [5.74, 6) is 0.833. The normalized spacial score (nSPS) is 23.7. The topological polar surface area (TPSA) is 46.3 Å². The summed E-state index contributed by atoms with van der Waals surface area (Å²) < 4.78 is 0. The summed E-state index contributed by atoms with van der Waals surface area (Å²) in [4.78, 5) is 14.3. The number of amides is 1. The Morgan fingerprint density at radius 1 is 1.28 bits per heavy atom. The molecule has 0 saturated heterocycles. The number of nitrogen functional groups attached to an aromatic ring is 1. The van der Waals surface area contributed by atoms with Crippen molar-refractivity contribution < 1.29 is 4.79 Å². The van der Waals surface area contributed by atoms with Gasteiger partial charge in [0.05, 0.1) is 0 Å². The molecule has 1 aliphatic rings. The number of nitrogens with two attached hydrogens (primary N) is 1. The van der Waals surface area contributed by atoms with Crippen LogP contribution in [0, 0.1) is 5.92 Å². The molecule has 18 heavy (non-hydrogen) atoms. The largest absolute Gasteiger partial charge is 0.399 e. The van der Waals surface area contributed by atoms with Gasteiger partial charge in [0, 0.05) is 24.3 Å². The van der Waals surface area contributed by atoms with Crippen LogP contribution in [-0.4, -0.2) is 23.9 Å². The number of nitrogens with zero attached hydrogens (tertiary/aromatic N) is 1. The molecule has 1 saturated carbocycles. The highest BCUT2D eigenvalue weighted by Gasteiger charge is 2.25. The van der Waals surface area contributed by atoms with E-state index < -0.39 is 0 Å². The van der Waals surface area contributed by atoms with Crippen molar-refractivity contribution in [3.63, 3.8) is 0 Å². The molecule has 3 heteroatoms. The van der Waals surface area contributed by atoms with Crippen LogP contribution in [0.15, 0.2) is 24.3 Å². The fourth-order valence-electron chi connectivity index (χ4n) is 2.75. The molecule has 1 amide bonds. The lowest BCUT2D eigenvalue weighted by Crippen LogP contribution is -2.39. The van der Waals surface area contributed by atoms with Crippen molar-refractivity contribution in [3.05, 3.63) is 29.8 Å². The number of benzene rings is 1. The van der Waals surface area contributed by atoms with Gasteiger partial charge in [-0.3, -0.25) is 4.79 Å². The molecule has 0 radical (unpaired) electrons. The highest BCUT2D eigenvalue weighted by atomic mass is 16.2. The fraction of sp³-hybridized carbons (Fsp3) is 0.533. The third-order valence-electron chi connectivity index (χ3n) is 3.93. The molecule has 2 unspecified atom stereocenters. The summed E-state index contributed by atoms with van der Waals surface area (Å²) in [6, 6.07) is 7.56. The summed E-state index contributed by atoms with van der Waals surface area (Å²) in [6.45, 7) is 2.27. The molecular weight excluding hydrogens is 224 g/mol. The molecule has 1 fully saturated rings. The Hall–Kier alpha value is -1.51. The van der Waals surface area contributed by atoms with Crippen LogP contribution >= 0.6 is 0 Å². The zero-order chi connectivity index (χ0) is 13.1. The van der Waals surface area contributed by atoms with Gasteiger partial charge in [0.2, 0.25) is 0 Å². The van der Waals surface area contributed by atoms with Gasteiger partial charge in [-0.25, -0.2) is 0 Å². The third kappa shape index (κ3) is 2.84. The number of anilines is 1. The van der Waals surface area contributed by atoms with Gasteiger partial charge in [-0.1, -0.05) is 19.8 Å². The third-order valence-corrected chi connectivity index (χ3v) is 3.93. The molecular formula is C15H22N2O. The van der Waals surface area contributed by atoms with E-state index in [4.69, 9.17) is 5.73 Å². The van der Waals surface area contributed by atoms with Crippen molar-refractivity contribution in [2.45, 2.75) is 38.6 Å². The maximum Gasteiger partial charge on any atom is 0.253 e. The van der Waals surface area contributed by atoms with Gasteiger partial charge in [0.15, 0.2) is 0 Å². The van der Waals surface area contributed by atoms with Gasteiger partial charge >= 0.3 is 0 Å². The Morgan fingerprint density at radius 3 is 2.56 bits per heavy atom. The number of carbonyl (C=O) groups is 1. The van der Waals surface area contributed by atoms with Gasteiger partial charge in [0.25, 0.3) is 5.91 Å². The average Bonchev–Trinajstić information content (AvgIpc) is 2.38. The molecule has 98 valence electrons. The first kappa shape index (κ1) is 12.9. The van der Waals surface area contributed by atoms with Crippen molar-refractivity contribution in [1.82, 2.24) is 4.90 Å². The second kappa shape index (κ2) is 5.42. The molecule has 0 bridgehead atoms. The van der Waals surface area contributed by atoms with Crippen LogP contribution in [0.25, 0.3) is 0 Å². The molecule has 0 aliphatic heterocycles. The van der Waals surface area contributed by atoms with E-state index in [-0.39, 0.29) is 5.91 Å². The molecule has 3 nitrogen and oxygen atoms in total. The van der Waals surface area contributed by atoms with E-state index in [2.05, 4.69) is 6.92 Å². The first-order valence-electron chi connectivity index (χ1n) is 6.70. The smallest absolute Gasteiger partial charge is 0.253 e. The number of hydrogen-bond acceptors (Lipinski definition) is 2. The van der Waals surface area contributed by atoms with E-state index in [9.17, 15) is 4.79 Å². The SMILES string of the molecule is CC1CCCC(N(C)C(=O)c2ccc(N)cc2)C1. The Bertz CT molecular complexity index is 413. The molecule has 2 N–H and O–H groups in total. The van der Waals surface area contributed by atoms with Gasteiger partial charge in [-0.2, -0.15) is 0 Å². The Labute approximate surface area is 109 Å². The Balaban J connectivity index is 2.06. The molecule has 1 aromatic rings. The summed E-state index contributed by atoms with van der Waals surface area (Å²) in [7, 11) is 1.92. The number of hydrogen-bond donors (Lipinski definition) is 1. The van der Waals surface area contributed by atoms with Crippen LogP contribution in [0.4, 0.5) is 5.69 Å². The van der Waals surface area contributed by atoms with Gasteiger partial charge < -0.3 is 10.6 Å². The summed E-state index contributed by atoms with van der Waals surface area (Å²) in [5, 5.41) is 0. The zero-order valence-electron chi connectivity index (χ0n) is 11.2. The first-order chi connectivity index (χ1) is 8.58. The van der Waals surface area contributed by atoms with Gasteiger partial charge in [-0.15, -0.1) is 0 Å². The molecule has 0 heterocycles. The molecule has 1 aromatic carbocycles. The molecule has 2 atom stereocenters. The molecule has 1 aliphatic carbocycles. The van der Waals surface area contributed by atoms with Crippen molar-refractivity contribution in [1.29, 1.82) is 0 Å². The van der Waals surface area contributed by atoms with Crippen LogP contribution in [-0.2, 0) is 0 Å². The van der Waals surface area contributed by atoms with E-state index in [0.717, 1.165) is 24.3 Å². The zero-order valence-corrected chi connectivity index (χ0v) is 11.2. The van der Waals surface area contributed by atoms with E-state index in [1.807, 2.05) is 11.9 Å². The number of carbonyl (C=O) groups excluding carboxylic acids is 1. The second-order valence-corrected chi connectivity index (χ2v) is 5.46. The molecule has 0 aromatic heterocycles. The number of rotatable bonds is 2. The minimum atomic E-state index is 0.106. The van der Waals surface area contributed by atoms with Crippen LogP contribution in [0.5, 0.6) is 0 Å². The van der Waals surface area contributed by atoms with E-state index in [1.165, 1.54) is 12.8 Å². The van der Waals surface area contributed by atoms with Gasteiger partial charge in [-0.05, 0) is 43.0 Å². The predicted molar refractivity (Wildman–Crippen MR) is 74.4 cm³/mol. The second-order valence-electron chi connectivity index (χ2n) is 5.46. The quantitative estimate of drug-likeness (QED) is 0.815. The summed E-state index contributed by atoms with van der Waals surface area (Å²) in [5.41, 5.74) is 7.06. The minimum absolute atomic E-state index is 0.106. The lowest BCUT2D eigenvalue weighted by molar-refractivity contribution is 0.0672. The van der Waals surface area contributed by atoms with E-state index >= 15 is 0 Å². The maximum atomic E-state index is 12.3. The Kier molecular flexibility index (Phi) is 3.90. The van der Waals surface area contributed by atoms with Gasteiger partial charge in [0.1, 0.15) is 0 Å². The predicted octanol–water partition coefficient (Wildman–Crippen LogP) is 2.92. The standard InChI is InChI=1S/C15H22N2O/c1-11-4-3-5-14(10-11)17(2)15(18)12-6-8-13(16)9-7-12/h6-9,11,14H,3-5,10,16H2,1-2H3. The molecule has 2 rings (SSSR count). The average molecular weight is 246 g/mol. The lowest BCUT2D eigenvalue weighted by atomic mass is 9.86. The Morgan fingerprint density at radius 2 is 1.94 bits per heavy atom. The highest BCUT2D eigenvalue weighted by Crippen LogP contribution is 2.27. The molecule has 0 spiro atoms. The maximum absolute atomic E-state index is 12.3. The van der Waals surface area contributed by atoms with Crippen LogP contribution < -0.4 is 5.73 Å². The van der Waals surface area contributed by atoms with E-state index in [0.29, 0.717) is 11.7 Å². The summed E-state index contributed by atoms with van der Waals surface area (Å²) >= 11 is 0. The lowest BCUT2D eigenvalue weighted by Gasteiger charge is -2.34. The van der Waals surface area contributed by atoms with Crippen molar-refractivity contribution >= 4 is 11.6 Å². The van der Waals surface area contributed by atoms with Crippen LogP contribution in [0.1, 0.15) is 43.0 Å². The van der Waals surface area contributed by atoms with Crippen LogP contribution in [0.3, 0.4) is 0 Å². The summed E-state index contributed by atoms with van der Waals surface area (Å²) in [6.07, 6.45) is 4.77. The monoisotopic (exact) mass is 246 g/mol. The highest BCUT2D eigenvalue weighted by molar-refractivity contribution is 5.94.